The Morgan fingerprint density at radius 2 is 1.93 bits per heavy atom. The molecule has 1 aliphatic rings. The molecule has 3 unspecified atom stereocenters. The third-order valence-corrected chi connectivity index (χ3v) is 6.44. The van der Waals surface area contributed by atoms with Crippen LogP contribution >= 0.6 is 11.3 Å². The fraction of sp³-hybridized carbons (Fsp3) is 0.522. The largest absolute Gasteiger partial charge is 0.379 e. The molecule has 29 heavy (non-hydrogen) atoms. The SMILES string of the molecule is CCCC(NC(=O)C(C)NCC(c1cccs1)N1CCOCC1)c1ccccc1. The number of amides is 1. The highest BCUT2D eigenvalue weighted by Crippen LogP contribution is 2.25. The minimum atomic E-state index is -0.249. The first-order valence-corrected chi connectivity index (χ1v) is 11.5. The van der Waals surface area contributed by atoms with E-state index in [4.69, 9.17) is 4.74 Å². The summed E-state index contributed by atoms with van der Waals surface area (Å²) >= 11 is 1.78. The zero-order chi connectivity index (χ0) is 20.5. The minimum absolute atomic E-state index is 0.0548. The zero-order valence-corrected chi connectivity index (χ0v) is 18.3. The molecule has 5 nitrogen and oxygen atoms in total. The molecular weight excluding hydrogens is 382 g/mol. The second-order valence-corrected chi connectivity index (χ2v) is 8.55. The van der Waals surface area contributed by atoms with E-state index >= 15 is 0 Å². The number of rotatable bonds is 10. The molecule has 0 spiro atoms. The molecule has 1 saturated heterocycles. The molecule has 2 N–H and O–H groups in total. The van der Waals surface area contributed by atoms with Crippen LogP contribution in [0.3, 0.4) is 0 Å². The van der Waals surface area contributed by atoms with Gasteiger partial charge in [0.25, 0.3) is 0 Å². The fourth-order valence-electron chi connectivity index (χ4n) is 3.75. The predicted octanol–water partition coefficient (Wildman–Crippen LogP) is 3.76. The van der Waals surface area contributed by atoms with E-state index in [9.17, 15) is 4.79 Å². The average Bonchev–Trinajstić information content (AvgIpc) is 3.29. The lowest BCUT2D eigenvalue weighted by atomic mass is 10.0. The Morgan fingerprint density at radius 1 is 1.17 bits per heavy atom. The summed E-state index contributed by atoms with van der Waals surface area (Å²) in [6.45, 7) is 8.25. The van der Waals surface area contributed by atoms with Gasteiger partial charge < -0.3 is 15.4 Å². The van der Waals surface area contributed by atoms with Gasteiger partial charge in [0.1, 0.15) is 0 Å². The van der Waals surface area contributed by atoms with Gasteiger partial charge in [-0.1, -0.05) is 49.7 Å². The van der Waals surface area contributed by atoms with Gasteiger partial charge in [-0.3, -0.25) is 9.69 Å². The second-order valence-electron chi connectivity index (χ2n) is 7.57. The van der Waals surface area contributed by atoms with Gasteiger partial charge in [-0.2, -0.15) is 0 Å². The van der Waals surface area contributed by atoms with E-state index in [-0.39, 0.29) is 24.0 Å². The van der Waals surface area contributed by atoms with Gasteiger partial charge in [-0.15, -0.1) is 11.3 Å². The fourth-order valence-corrected chi connectivity index (χ4v) is 4.61. The summed E-state index contributed by atoms with van der Waals surface area (Å²) in [6, 6.07) is 14.6. The van der Waals surface area contributed by atoms with Crippen LogP contribution in [-0.4, -0.2) is 49.7 Å². The topological polar surface area (TPSA) is 53.6 Å². The summed E-state index contributed by atoms with van der Waals surface area (Å²) in [7, 11) is 0. The summed E-state index contributed by atoms with van der Waals surface area (Å²) in [6.07, 6.45) is 1.97. The van der Waals surface area contributed by atoms with Crippen LogP contribution in [0.15, 0.2) is 47.8 Å². The van der Waals surface area contributed by atoms with Crippen LogP contribution in [0.2, 0.25) is 0 Å². The van der Waals surface area contributed by atoms with E-state index in [1.165, 1.54) is 10.4 Å². The minimum Gasteiger partial charge on any atom is -0.379 e. The Bertz CT molecular complexity index is 717. The number of carbonyl (C=O) groups is 1. The molecule has 0 radical (unpaired) electrons. The number of hydrogen-bond acceptors (Lipinski definition) is 5. The number of nitrogens with one attached hydrogen (secondary N) is 2. The van der Waals surface area contributed by atoms with Crippen LogP contribution in [0.4, 0.5) is 0 Å². The molecular formula is C23H33N3O2S. The maximum atomic E-state index is 12.9. The number of benzene rings is 1. The zero-order valence-electron chi connectivity index (χ0n) is 17.5. The molecule has 1 aromatic heterocycles. The number of carbonyl (C=O) groups excluding carboxylic acids is 1. The first-order valence-electron chi connectivity index (χ1n) is 10.6. The Labute approximate surface area is 178 Å². The molecule has 3 atom stereocenters. The van der Waals surface area contributed by atoms with Crippen molar-refractivity contribution in [1.29, 1.82) is 0 Å². The van der Waals surface area contributed by atoms with Crippen molar-refractivity contribution in [3.63, 3.8) is 0 Å². The first kappa shape index (κ1) is 22.0. The lowest BCUT2D eigenvalue weighted by molar-refractivity contribution is -0.123. The van der Waals surface area contributed by atoms with Crippen LogP contribution < -0.4 is 10.6 Å². The van der Waals surface area contributed by atoms with Crippen molar-refractivity contribution >= 4 is 17.2 Å². The van der Waals surface area contributed by atoms with Crippen molar-refractivity contribution in [1.82, 2.24) is 15.5 Å². The second kappa shape index (κ2) is 11.5. The number of thiophene rings is 1. The standard InChI is InChI=1S/C23H33N3O2S/c1-3-8-20(19-9-5-4-6-10-19)25-23(27)18(2)24-17-21(22-11-7-16-29-22)26-12-14-28-15-13-26/h4-7,9-11,16,18,20-21,24H,3,8,12-15,17H2,1-2H3,(H,25,27). The maximum absolute atomic E-state index is 12.9. The smallest absolute Gasteiger partial charge is 0.237 e. The molecule has 1 aromatic carbocycles. The summed E-state index contributed by atoms with van der Waals surface area (Å²) in [5.74, 6) is 0.0548. The van der Waals surface area contributed by atoms with Crippen LogP contribution in [0.25, 0.3) is 0 Å². The molecule has 1 amide bonds. The Morgan fingerprint density at radius 3 is 2.59 bits per heavy atom. The highest BCUT2D eigenvalue weighted by molar-refractivity contribution is 7.10. The third kappa shape index (κ3) is 6.37. The lowest BCUT2D eigenvalue weighted by Gasteiger charge is -2.34. The van der Waals surface area contributed by atoms with Gasteiger partial charge in [-0.25, -0.2) is 0 Å². The molecule has 2 aromatic rings. The van der Waals surface area contributed by atoms with Gasteiger partial charge in [0.05, 0.1) is 31.3 Å². The van der Waals surface area contributed by atoms with Crippen LogP contribution in [0.1, 0.15) is 49.2 Å². The molecule has 0 bridgehead atoms. The van der Waals surface area contributed by atoms with Gasteiger partial charge in [0, 0.05) is 24.5 Å². The van der Waals surface area contributed by atoms with Gasteiger partial charge in [-0.05, 0) is 30.4 Å². The number of morpholine rings is 1. The molecule has 3 rings (SSSR count). The summed E-state index contributed by atoms with van der Waals surface area (Å²) in [4.78, 5) is 16.7. The quantitative estimate of drug-likeness (QED) is 0.620. The normalized spacial score (nSPS) is 18.1. The summed E-state index contributed by atoms with van der Waals surface area (Å²) < 4.78 is 5.52. The van der Waals surface area contributed by atoms with E-state index < -0.39 is 0 Å². The number of nitrogens with zero attached hydrogens (tertiary/aromatic N) is 1. The Hall–Kier alpha value is -1.73. The maximum Gasteiger partial charge on any atom is 0.237 e. The molecule has 158 valence electrons. The van der Waals surface area contributed by atoms with Crippen LogP contribution in [-0.2, 0) is 9.53 Å². The van der Waals surface area contributed by atoms with Crippen molar-refractivity contribution in [2.75, 3.05) is 32.8 Å². The van der Waals surface area contributed by atoms with Crippen molar-refractivity contribution in [2.45, 2.75) is 44.8 Å². The van der Waals surface area contributed by atoms with E-state index in [0.717, 1.165) is 45.7 Å². The van der Waals surface area contributed by atoms with Crippen molar-refractivity contribution in [3.8, 4) is 0 Å². The summed E-state index contributed by atoms with van der Waals surface area (Å²) in [5, 5.41) is 8.84. The van der Waals surface area contributed by atoms with Crippen molar-refractivity contribution < 1.29 is 9.53 Å². The van der Waals surface area contributed by atoms with Gasteiger partial charge in [0.2, 0.25) is 5.91 Å². The molecule has 1 aliphatic heterocycles. The van der Waals surface area contributed by atoms with Gasteiger partial charge >= 0.3 is 0 Å². The monoisotopic (exact) mass is 415 g/mol. The van der Waals surface area contributed by atoms with E-state index in [1.54, 1.807) is 11.3 Å². The molecule has 2 heterocycles. The van der Waals surface area contributed by atoms with Crippen molar-refractivity contribution in [3.05, 3.63) is 58.3 Å². The van der Waals surface area contributed by atoms with Crippen molar-refractivity contribution in [2.24, 2.45) is 0 Å². The molecule has 0 saturated carbocycles. The average molecular weight is 416 g/mol. The first-order chi connectivity index (χ1) is 14.2. The van der Waals surface area contributed by atoms with E-state index in [0.29, 0.717) is 0 Å². The number of ether oxygens (including phenoxy) is 1. The molecule has 0 aliphatic carbocycles. The van der Waals surface area contributed by atoms with E-state index in [1.807, 2.05) is 25.1 Å². The van der Waals surface area contributed by atoms with E-state index in [2.05, 4.69) is 52.1 Å². The Balaban J connectivity index is 1.58. The predicted molar refractivity (Wildman–Crippen MR) is 119 cm³/mol. The molecule has 6 heteroatoms. The lowest BCUT2D eigenvalue weighted by Crippen LogP contribution is -2.48. The highest BCUT2D eigenvalue weighted by Gasteiger charge is 2.25. The molecule has 1 fully saturated rings. The van der Waals surface area contributed by atoms with Crippen LogP contribution in [0.5, 0.6) is 0 Å². The third-order valence-electron chi connectivity index (χ3n) is 5.46. The van der Waals surface area contributed by atoms with Gasteiger partial charge in [0.15, 0.2) is 0 Å². The Kier molecular flexibility index (Phi) is 8.68. The number of hydrogen-bond donors (Lipinski definition) is 2. The highest BCUT2D eigenvalue weighted by atomic mass is 32.1. The summed E-state index contributed by atoms with van der Waals surface area (Å²) in [5.41, 5.74) is 1.17. The van der Waals surface area contributed by atoms with Crippen LogP contribution in [0, 0.1) is 0 Å².